The van der Waals surface area contributed by atoms with Crippen molar-refractivity contribution in [1.29, 1.82) is 0 Å². The molecule has 126 valence electrons. The predicted octanol–water partition coefficient (Wildman–Crippen LogP) is 2.76. The number of rotatable bonds is 2. The van der Waals surface area contributed by atoms with Crippen LogP contribution in [0.5, 0.6) is 0 Å². The average Bonchev–Trinajstić information content (AvgIpc) is 2.99. The van der Waals surface area contributed by atoms with Crippen LogP contribution in [0, 0.1) is 6.92 Å². The summed E-state index contributed by atoms with van der Waals surface area (Å²) in [7, 11) is 0. The van der Waals surface area contributed by atoms with Crippen molar-refractivity contribution in [3.8, 4) is 0 Å². The van der Waals surface area contributed by atoms with E-state index in [-0.39, 0.29) is 18.4 Å². The molecule has 0 saturated carbocycles. The van der Waals surface area contributed by atoms with E-state index in [9.17, 15) is 9.59 Å². The van der Waals surface area contributed by atoms with Crippen LogP contribution >= 0.6 is 11.6 Å². The Labute approximate surface area is 148 Å². The maximum Gasteiger partial charge on any atom is 0.251 e. The van der Waals surface area contributed by atoms with E-state index in [1.807, 2.05) is 25.3 Å². The number of hydrogen-bond donors (Lipinski definition) is 2. The number of benzene rings is 1. The zero-order valence-corrected chi connectivity index (χ0v) is 14.2. The van der Waals surface area contributed by atoms with Crippen LogP contribution in [0.25, 0.3) is 5.52 Å². The van der Waals surface area contributed by atoms with Gasteiger partial charge in [0.2, 0.25) is 5.91 Å². The van der Waals surface area contributed by atoms with E-state index in [4.69, 9.17) is 11.6 Å². The fourth-order valence-corrected chi connectivity index (χ4v) is 3.37. The number of carbonyl (C=O) groups excluding carboxylic acids is 2. The van der Waals surface area contributed by atoms with Crippen LogP contribution < -0.4 is 10.6 Å². The highest BCUT2D eigenvalue weighted by atomic mass is 35.5. The monoisotopic (exact) mass is 354 g/mol. The van der Waals surface area contributed by atoms with Gasteiger partial charge in [-0.1, -0.05) is 17.7 Å². The summed E-state index contributed by atoms with van der Waals surface area (Å²) in [6, 6.07) is 8.83. The SMILES string of the molecule is Cc1cccn2ncc(NC(=O)C3CNC(=O)c4ccc(Cl)cc43)c12. The van der Waals surface area contributed by atoms with Gasteiger partial charge in [-0.15, -0.1) is 0 Å². The Bertz CT molecular complexity index is 1010. The summed E-state index contributed by atoms with van der Waals surface area (Å²) >= 11 is 6.06. The van der Waals surface area contributed by atoms with E-state index >= 15 is 0 Å². The smallest absolute Gasteiger partial charge is 0.251 e. The lowest BCUT2D eigenvalue weighted by Gasteiger charge is -2.25. The number of nitrogens with zero attached hydrogens (tertiary/aromatic N) is 2. The van der Waals surface area contributed by atoms with Crippen LogP contribution in [0.1, 0.15) is 27.4 Å². The van der Waals surface area contributed by atoms with Gasteiger partial charge in [0, 0.05) is 23.3 Å². The topological polar surface area (TPSA) is 75.5 Å². The van der Waals surface area contributed by atoms with Crippen molar-refractivity contribution in [3.05, 3.63) is 64.4 Å². The zero-order valence-electron chi connectivity index (χ0n) is 13.4. The normalized spacial score (nSPS) is 16.4. The van der Waals surface area contributed by atoms with Crippen molar-refractivity contribution in [2.24, 2.45) is 0 Å². The Hall–Kier alpha value is -2.86. The first-order valence-electron chi connectivity index (χ1n) is 7.86. The van der Waals surface area contributed by atoms with Gasteiger partial charge in [0.05, 0.1) is 23.3 Å². The Morgan fingerprint density at radius 1 is 1.40 bits per heavy atom. The minimum absolute atomic E-state index is 0.192. The molecule has 0 bridgehead atoms. The van der Waals surface area contributed by atoms with Crippen LogP contribution in [0.15, 0.2) is 42.7 Å². The van der Waals surface area contributed by atoms with Crippen molar-refractivity contribution in [2.75, 3.05) is 11.9 Å². The number of amides is 2. The summed E-state index contributed by atoms with van der Waals surface area (Å²) in [6.07, 6.45) is 3.45. The fourth-order valence-electron chi connectivity index (χ4n) is 3.19. The first-order valence-corrected chi connectivity index (χ1v) is 8.24. The quantitative estimate of drug-likeness (QED) is 0.743. The van der Waals surface area contributed by atoms with Crippen LogP contribution in [0.2, 0.25) is 5.02 Å². The molecule has 1 aromatic carbocycles. The molecule has 2 N–H and O–H groups in total. The Morgan fingerprint density at radius 3 is 3.08 bits per heavy atom. The molecule has 3 aromatic rings. The minimum atomic E-state index is -0.509. The number of aryl methyl sites for hydroxylation is 1. The lowest BCUT2D eigenvalue weighted by atomic mass is 9.89. The van der Waals surface area contributed by atoms with Gasteiger partial charge in [-0.2, -0.15) is 5.10 Å². The van der Waals surface area contributed by atoms with Crippen LogP contribution in [0.4, 0.5) is 5.69 Å². The van der Waals surface area contributed by atoms with Gasteiger partial charge in [0.15, 0.2) is 0 Å². The molecule has 2 aromatic heterocycles. The first-order chi connectivity index (χ1) is 12.0. The third-order valence-corrected chi connectivity index (χ3v) is 4.65. The summed E-state index contributed by atoms with van der Waals surface area (Å²) in [4.78, 5) is 24.9. The van der Waals surface area contributed by atoms with Crippen molar-refractivity contribution < 1.29 is 9.59 Å². The average molecular weight is 355 g/mol. The second kappa shape index (κ2) is 5.89. The van der Waals surface area contributed by atoms with Crippen LogP contribution in [-0.4, -0.2) is 28.0 Å². The lowest BCUT2D eigenvalue weighted by Crippen LogP contribution is -2.40. The first kappa shape index (κ1) is 15.7. The molecule has 1 aliphatic heterocycles. The number of carbonyl (C=O) groups is 2. The number of aromatic nitrogens is 2. The predicted molar refractivity (Wildman–Crippen MR) is 95.1 cm³/mol. The highest BCUT2D eigenvalue weighted by Gasteiger charge is 2.31. The summed E-state index contributed by atoms with van der Waals surface area (Å²) in [5.74, 6) is -0.908. The summed E-state index contributed by atoms with van der Waals surface area (Å²) in [6.45, 7) is 2.19. The molecule has 1 aliphatic rings. The van der Waals surface area contributed by atoms with Gasteiger partial charge in [0.1, 0.15) is 0 Å². The number of fused-ring (bicyclic) bond motifs is 2. The van der Waals surface area contributed by atoms with Gasteiger partial charge in [-0.25, -0.2) is 4.52 Å². The van der Waals surface area contributed by atoms with Crippen molar-refractivity contribution in [3.63, 3.8) is 0 Å². The second-order valence-corrected chi connectivity index (χ2v) is 6.46. The third-order valence-electron chi connectivity index (χ3n) is 4.42. The molecule has 4 rings (SSSR count). The Morgan fingerprint density at radius 2 is 2.24 bits per heavy atom. The molecule has 0 radical (unpaired) electrons. The van der Waals surface area contributed by atoms with Gasteiger partial charge >= 0.3 is 0 Å². The molecular formula is C18H15ClN4O2. The summed E-state index contributed by atoms with van der Waals surface area (Å²) < 4.78 is 1.72. The van der Waals surface area contributed by atoms with E-state index in [0.717, 1.165) is 11.1 Å². The number of hydrogen-bond acceptors (Lipinski definition) is 3. The standard InChI is InChI=1S/C18H15ClN4O2/c1-10-3-2-6-23-16(10)15(9-21-23)22-18(25)14-8-20-17(24)12-5-4-11(19)7-13(12)14/h2-7,9,14H,8H2,1H3,(H,20,24)(H,22,25). The molecule has 2 amide bonds. The van der Waals surface area contributed by atoms with Gasteiger partial charge < -0.3 is 10.6 Å². The van der Waals surface area contributed by atoms with Gasteiger partial charge in [0.25, 0.3) is 5.91 Å². The van der Waals surface area contributed by atoms with E-state index in [1.54, 1.807) is 28.9 Å². The molecule has 0 aliphatic carbocycles. The van der Waals surface area contributed by atoms with Crippen molar-refractivity contribution >= 4 is 34.6 Å². The largest absolute Gasteiger partial charge is 0.351 e. The number of pyridine rings is 1. The minimum Gasteiger partial charge on any atom is -0.351 e. The van der Waals surface area contributed by atoms with Gasteiger partial charge in [-0.05, 0) is 42.3 Å². The highest BCUT2D eigenvalue weighted by molar-refractivity contribution is 6.30. The van der Waals surface area contributed by atoms with E-state index in [1.165, 1.54) is 0 Å². The molecule has 25 heavy (non-hydrogen) atoms. The summed E-state index contributed by atoms with van der Waals surface area (Å²) in [5.41, 5.74) is 3.62. The third kappa shape index (κ3) is 2.64. The molecule has 0 saturated heterocycles. The maximum atomic E-state index is 12.9. The number of halogens is 1. The fraction of sp³-hybridized carbons (Fsp3) is 0.167. The molecule has 1 atom stereocenters. The number of anilines is 1. The van der Waals surface area contributed by atoms with E-state index in [2.05, 4.69) is 15.7 Å². The van der Waals surface area contributed by atoms with E-state index < -0.39 is 5.92 Å². The summed E-state index contributed by atoms with van der Waals surface area (Å²) in [5, 5.41) is 10.4. The highest BCUT2D eigenvalue weighted by Crippen LogP contribution is 2.29. The number of nitrogens with one attached hydrogen (secondary N) is 2. The van der Waals surface area contributed by atoms with Crippen molar-refractivity contribution in [2.45, 2.75) is 12.8 Å². The molecule has 0 spiro atoms. The van der Waals surface area contributed by atoms with Gasteiger partial charge in [-0.3, -0.25) is 9.59 Å². The molecule has 1 unspecified atom stereocenters. The molecule has 3 heterocycles. The van der Waals surface area contributed by atoms with E-state index in [0.29, 0.717) is 21.8 Å². The molecular weight excluding hydrogens is 340 g/mol. The molecule has 7 heteroatoms. The Balaban J connectivity index is 1.69. The molecule has 6 nitrogen and oxygen atoms in total. The van der Waals surface area contributed by atoms with Crippen LogP contribution in [-0.2, 0) is 4.79 Å². The van der Waals surface area contributed by atoms with Crippen molar-refractivity contribution in [1.82, 2.24) is 14.9 Å². The molecule has 0 fully saturated rings. The maximum absolute atomic E-state index is 12.9. The zero-order chi connectivity index (χ0) is 17.6. The lowest BCUT2D eigenvalue weighted by molar-refractivity contribution is -0.117. The Kier molecular flexibility index (Phi) is 3.69. The van der Waals surface area contributed by atoms with Crippen LogP contribution in [0.3, 0.4) is 0 Å². The second-order valence-electron chi connectivity index (χ2n) is 6.03.